The molecule has 1 aliphatic carbocycles. The maximum Gasteiger partial charge on any atom is 0.416 e. The van der Waals surface area contributed by atoms with Crippen molar-refractivity contribution in [1.82, 2.24) is 15.3 Å². The molecule has 35 heavy (non-hydrogen) atoms. The van der Waals surface area contributed by atoms with Crippen molar-refractivity contribution in [1.29, 1.82) is 0 Å². The zero-order valence-corrected chi connectivity index (χ0v) is 20.2. The van der Waals surface area contributed by atoms with Crippen LogP contribution in [0.25, 0.3) is 10.9 Å². The number of nitrogens with two attached hydrogens (primary N) is 1. The normalized spacial score (nSPS) is 15.6. The van der Waals surface area contributed by atoms with Crippen molar-refractivity contribution in [3.05, 3.63) is 47.3 Å². The van der Waals surface area contributed by atoms with E-state index in [4.69, 9.17) is 15.2 Å². The highest BCUT2D eigenvalue weighted by Gasteiger charge is 2.43. The van der Waals surface area contributed by atoms with Crippen molar-refractivity contribution >= 4 is 22.4 Å². The van der Waals surface area contributed by atoms with Crippen molar-refractivity contribution in [2.24, 2.45) is 5.41 Å². The number of methoxy groups -OCH3 is 1. The molecule has 1 aromatic heterocycles. The lowest BCUT2D eigenvalue weighted by Gasteiger charge is -2.20. The molecule has 188 valence electrons. The van der Waals surface area contributed by atoms with Gasteiger partial charge in [-0.3, -0.25) is 0 Å². The summed E-state index contributed by atoms with van der Waals surface area (Å²) in [6.07, 6.45) is -2.30. The highest BCUT2D eigenvalue weighted by molar-refractivity contribution is 5.92. The van der Waals surface area contributed by atoms with Crippen LogP contribution < -0.4 is 25.8 Å². The van der Waals surface area contributed by atoms with Crippen LogP contribution in [-0.2, 0) is 6.18 Å². The Morgan fingerprint density at radius 1 is 1.11 bits per heavy atom. The predicted octanol–water partition coefficient (Wildman–Crippen LogP) is 5.10. The number of rotatable bonds is 9. The number of hydrogen-bond acceptors (Lipinski definition) is 7. The molecule has 1 unspecified atom stereocenters. The first kappa shape index (κ1) is 24.8. The fourth-order valence-electron chi connectivity index (χ4n) is 4.17. The average molecular weight is 490 g/mol. The first-order chi connectivity index (χ1) is 16.5. The topological polar surface area (TPSA) is 94.3 Å². The van der Waals surface area contributed by atoms with Gasteiger partial charge in [0, 0.05) is 29.1 Å². The van der Waals surface area contributed by atoms with E-state index in [1.165, 1.54) is 6.07 Å². The second-order valence-electron chi connectivity index (χ2n) is 9.21. The van der Waals surface area contributed by atoms with E-state index in [-0.39, 0.29) is 11.1 Å². The van der Waals surface area contributed by atoms with Crippen molar-refractivity contribution in [2.45, 2.75) is 38.9 Å². The summed E-state index contributed by atoms with van der Waals surface area (Å²) in [4.78, 5) is 9.04. The summed E-state index contributed by atoms with van der Waals surface area (Å²) in [6, 6.07) is 6.65. The molecule has 0 saturated heterocycles. The Morgan fingerprint density at radius 2 is 1.86 bits per heavy atom. The van der Waals surface area contributed by atoms with Crippen LogP contribution in [0.3, 0.4) is 0 Å². The maximum atomic E-state index is 13.3. The number of anilines is 2. The molecule has 0 aliphatic heterocycles. The van der Waals surface area contributed by atoms with E-state index >= 15 is 0 Å². The molecule has 0 bridgehead atoms. The zero-order valence-electron chi connectivity index (χ0n) is 20.2. The fourth-order valence-corrected chi connectivity index (χ4v) is 4.17. The Bertz CT molecular complexity index is 1230. The molecule has 10 heteroatoms. The molecule has 1 fully saturated rings. The fraction of sp³-hybridized carbons (Fsp3) is 0.440. The van der Waals surface area contributed by atoms with E-state index in [0.29, 0.717) is 46.2 Å². The van der Waals surface area contributed by atoms with Crippen LogP contribution >= 0.6 is 0 Å². The largest absolute Gasteiger partial charge is 0.493 e. The summed E-state index contributed by atoms with van der Waals surface area (Å²) < 4.78 is 51.6. The summed E-state index contributed by atoms with van der Waals surface area (Å²) >= 11 is 0. The van der Waals surface area contributed by atoms with Crippen LogP contribution in [0.15, 0.2) is 30.3 Å². The average Bonchev–Trinajstić information content (AvgIpc) is 3.56. The van der Waals surface area contributed by atoms with E-state index in [2.05, 4.69) is 20.6 Å². The third-order valence-corrected chi connectivity index (χ3v) is 6.29. The number of nitrogen functional groups attached to an aromatic ring is 1. The maximum absolute atomic E-state index is 13.3. The number of halogens is 3. The van der Waals surface area contributed by atoms with Crippen LogP contribution in [0.2, 0.25) is 0 Å². The van der Waals surface area contributed by atoms with Gasteiger partial charge in [0.25, 0.3) is 0 Å². The molecule has 0 radical (unpaired) electrons. The van der Waals surface area contributed by atoms with Crippen LogP contribution in [0.1, 0.15) is 42.8 Å². The van der Waals surface area contributed by atoms with Gasteiger partial charge in [-0.25, -0.2) is 9.97 Å². The van der Waals surface area contributed by atoms with E-state index in [0.717, 1.165) is 31.5 Å². The number of nitrogens with zero attached hydrogens (tertiary/aromatic N) is 2. The summed E-state index contributed by atoms with van der Waals surface area (Å²) in [5.41, 5.74) is 6.17. The molecule has 0 spiro atoms. The lowest BCUT2D eigenvalue weighted by atomic mass is 10.0. The predicted molar refractivity (Wildman–Crippen MR) is 130 cm³/mol. The number of ether oxygens (including phenoxy) is 2. The van der Waals surface area contributed by atoms with Crippen LogP contribution in [0.4, 0.5) is 24.7 Å². The molecular weight excluding hydrogens is 459 g/mol. The third-order valence-electron chi connectivity index (χ3n) is 6.29. The second kappa shape index (κ2) is 9.41. The summed E-state index contributed by atoms with van der Waals surface area (Å²) in [6.45, 7) is 4.93. The summed E-state index contributed by atoms with van der Waals surface area (Å²) in [5, 5.41) is 7.13. The number of hydrogen-bond donors (Lipinski definition) is 3. The number of alkyl halides is 3. The Hall–Kier alpha value is -3.27. The number of aryl methyl sites for hydroxylation is 1. The van der Waals surface area contributed by atoms with Crippen LogP contribution in [0.5, 0.6) is 11.5 Å². The van der Waals surface area contributed by atoms with Crippen molar-refractivity contribution in [2.75, 3.05) is 38.4 Å². The first-order valence-corrected chi connectivity index (χ1v) is 11.4. The lowest BCUT2D eigenvalue weighted by Crippen LogP contribution is -2.25. The van der Waals surface area contributed by atoms with Gasteiger partial charge in [0.05, 0.1) is 30.8 Å². The van der Waals surface area contributed by atoms with Gasteiger partial charge in [0.15, 0.2) is 11.5 Å². The van der Waals surface area contributed by atoms with Gasteiger partial charge in [-0.05, 0) is 63.6 Å². The number of nitrogens with one attached hydrogen (secondary N) is 2. The zero-order chi connectivity index (χ0) is 25.4. The summed E-state index contributed by atoms with van der Waals surface area (Å²) in [5.74, 6) is 2.12. The van der Waals surface area contributed by atoms with E-state index in [9.17, 15) is 13.2 Å². The quantitative estimate of drug-likeness (QED) is 0.360. The molecule has 7 nitrogen and oxygen atoms in total. The molecule has 2 aromatic carbocycles. The molecule has 3 aromatic rings. The van der Waals surface area contributed by atoms with Gasteiger partial charge in [-0.1, -0.05) is 0 Å². The van der Waals surface area contributed by atoms with Crippen molar-refractivity contribution < 1.29 is 22.6 Å². The number of aromatic nitrogens is 2. The lowest BCUT2D eigenvalue weighted by molar-refractivity contribution is -0.137. The minimum atomic E-state index is -4.49. The van der Waals surface area contributed by atoms with Crippen molar-refractivity contribution in [3.8, 4) is 11.5 Å². The molecule has 1 saturated carbocycles. The molecule has 1 aliphatic rings. The number of fused-ring (bicyclic) bond motifs is 1. The van der Waals surface area contributed by atoms with Gasteiger partial charge in [-0.2, -0.15) is 13.2 Å². The van der Waals surface area contributed by atoms with Gasteiger partial charge in [-0.15, -0.1) is 0 Å². The first-order valence-electron chi connectivity index (χ1n) is 11.4. The molecular formula is C25H30F3N5O2. The van der Waals surface area contributed by atoms with E-state index in [1.54, 1.807) is 27.0 Å². The minimum absolute atomic E-state index is 0.0446. The van der Waals surface area contributed by atoms with Crippen LogP contribution in [-0.4, -0.2) is 37.3 Å². The molecule has 1 atom stereocenters. The highest BCUT2D eigenvalue weighted by atomic mass is 19.4. The second-order valence-corrected chi connectivity index (χ2v) is 9.21. The van der Waals surface area contributed by atoms with Gasteiger partial charge >= 0.3 is 6.18 Å². The Kier molecular flexibility index (Phi) is 6.68. The Balaban J connectivity index is 1.67. The minimum Gasteiger partial charge on any atom is -0.493 e. The smallest absolute Gasteiger partial charge is 0.416 e. The highest BCUT2D eigenvalue weighted by Crippen LogP contribution is 2.46. The van der Waals surface area contributed by atoms with Crippen LogP contribution in [0, 0.1) is 12.3 Å². The van der Waals surface area contributed by atoms with Gasteiger partial charge in [0.1, 0.15) is 11.6 Å². The number of benzene rings is 2. The van der Waals surface area contributed by atoms with E-state index in [1.807, 2.05) is 13.1 Å². The summed E-state index contributed by atoms with van der Waals surface area (Å²) in [7, 11) is 3.50. The SMILES string of the molecule is CNCC1(COc2cc3c(NC(C)c4cc(N)cc(C(F)(F)F)c4)nc(C)nc3cc2OC)CC1. The Morgan fingerprint density at radius 3 is 2.49 bits per heavy atom. The molecule has 4 rings (SSSR count). The third kappa shape index (κ3) is 5.53. The van der Waals surface area contributed by atoms with E-state index < -0.39 is 17.8 Å². The van der Waals surface area contributed by atoms with Gasteiger partial charge < -0.3 is 25.8 Å². The standard InChI is InChI=1S/C25H30F3N5O2/c1-14(16-7-17(25(26,27)28)9-18(29)8-16)31-23-19-10-22(35-13-24(5-6-24)12-30-3)21(34-4)11-20(19)32-15(2)33-23/h7-11,14,30H,5-6,12-13,29H2,1-4H3,(H,31,32,33). The Labute approximate surface area is 202 Å². The monoisotopic (exact) mass is 489 g/mol. The molecule has 1 heterocycles. The van der Waals surface area contributed by atoms with Gasteiger partial charge in [0.2, 0.25) is 0 Å². The van der Waals surface area contributed by atoms with Crippen molar-refractivity contribution in [3.63, 3.8) is 0 Å². The molecule has 0 amide bonds. The molecule has 4 N–H and O–H groups in total.